The molecule has 132 valence electrons. The van der Waals surface area contributed by atoms with E-state index in [1.54, 1.807) is 27.7 Å². The smallest absolute Gasteiger partial charge is 0.407 e. The maximum atomic E-state index is 11.7. The van der Waals surface area contributed by atoms with Crippen LogP contribution in [0.5, 0.6) is 0 Å². The van der Waals surface area contributed by atoms with Crippen LogP contribution in [-0.2, 0) is 23.8 Å². The van der Waals surface area contributed by atoms with Crippen molar-refractivity contribution in [2.45, 2.75) is 52.2 Å². The second kappa shape index (κ2) is 10.5. The minimum absolute atomic E-state index is 0.0580. The Labute approximate surface area is 136 Å². The zero-order valence-electron chi connectivity index (χ0n) is 14.1. The summed E-state index contributed by atoms with van der Waals surface area (Å²) >= 11 is 0. The normalized spacial score (nSPS) is 12.5. The summed E-state index contributed by atoms with van der Waals surface area (Å²) in [5.41, 5.74) is 4.47. The molecule has 0 fully saturated rings. The van der Waals surface area contributed by atoms with Crippen LogP contribution in [0.2, 0.25) is 0 Å². The second-order valence-corrected chi connectivity index (χ2v) is 5.74. The number of primary amides is 1. The third-order valence-electron chi connectivity index (χ3n) is 2.34. The van der Waals surface area contributed by atoms with Crippen LogP contribution in [0.3, 0.4) is 0 Å². The average Bonchev–Trinajstić information content (AvgIpc) is 2.38. The molecule has 3 N–H and O–H groups in total. The van der Waals surface area contributed by atoms with E-state index in [0.29, 0.717) is 6.42 Å². The average molecular weight is 330 g/mol. The van der Waals surface area contributed by atoms with Crippen molar-refractivity contribution in [3.63, 3.8) is 0 Å². The Morgan fingerprint density at radius 1 is 1.26 bits per heavy atom. The summed E-state index contributed by atoms with van der Waals surface area (Å²) in [6.45, 7) is 7.24. The lowest BCUT2D eigenvalue weighted by molar-refractivity contribution is -0.137. The number of amides is 2. The molecule has 0 heterocycles. The summed E-state index contributed by atoms with van der Waals surface area (Å²) in [6, 6.07) is -0.482. The molecule has 23 heavy (non-hydrogen) atoms. The Kier molecular flexibility index (Phi) is 9.45. The van der Waals surface area contributed by atoms with E-state index in [9.17, 15) is 14.4 Å². The molecule has 1 atom stereocenters. The maximum Gasteiger partial charge on any atom is 0.407 e. The van der Waals surface area contributed by atoms with Gasteiger partial charge in [-0.1, -0.05) is 0 Å². The fourth-order valence-corrected chi connectivity index (χ4v) is 1.45. The van der Waals surface area contributed by atoms with Crippen molar-refractivity contribution in [3.8, 4) is 0 Å². The Bertz CT molecular complexity index is 428. The van der Waals surface area contributed by atoms with Crippen molar-refractivity contribution >= 4 is 18.0 Å². The minimum atomic E-state index is -0.636. The van der Waals surface area contributed by atoms with Gasteiger partial charge in [0, 0.05) is 6.42 Å². The number of rotatable bonds is 9. The molecular formula is C15H26N2O6. The number of hydrogen-bond donors (Lipinski definition) is 2. The zero-order chi connectivity index (χ0) is 17.9. The van der Waals surface area contributed by atoms with E-state index in [0.717, 1.165) is 6.08 Å². The molecule has 0 aromatic carbocycles. The van der Waals surface area contributed by atoms with Gasteiger partial charge in [-0.05, 0) is 34.1 Å². The molecular weight excluding hydrogens is 304 g/mol. The van der Waals surface area contributed by atoms with Crippen LogP contribution >= 0.6 is 0 Å². The van der Waals surface area contributed by atoms with Gasteiger partial charge in [0.05, 0.1) is 25.0 Å². The number of nitrogens with two attached hydrogens (primary N) is 1. The monoisotopic (exact) mass is 330 g/mol. The minimum Gasteiger partial charge on any atom is -0.499 e. The first-order chi connectivity index (χ1) is 10.6. The third kappa shape index (κ3) is 13.2. The SMILES string of the molecule is CCOC(=O)/C=C/OC[C@H](CCC(N)=O)NC(=O)OC(C)(C)C. The predicted molar refractivity (Wildman–Crippen MR) is 83.3 cm³/mol. The van der Waals surface area contributed by atoms with Crippen molar-refractivity contribution < 1.29 is 28.6 Å². The van der Waals surface area contributed by atoms with Gasteiger partial charge in [-0.15, -0.1) is 0 Å². The van der Waals surface area contributed by atoms with Gasteiger partial charge in [0.1, 0.15) is 12.2 Å². The second-order valence-electron chi connectivity index (χ2n) is 5.74. The lowest BCUT2D eigenvalue weighted by Gasteiger charge is -2.23. The van der Waals surface area contributed by atoms with Crippen LogP contribution < -0.4 is 11.1 Å². The van der Waals surface area contributed by atoms with Crippen LogP contribution in [0.15, 0.2) is 12.3 Å². The van der Waals surface area contributed by atoms with Crippen molar-refractivity contribution in [1.29, 1.82) is 0 Å². The first-order valence-corrected chi connectivity index (χ1v) is 7.36. The number of esters is 1. The summed E-state index contributed by atoms with van der Waals surface area (Å²) in [5, 5.41) is 2.60. The van der Waals surface area contributed by atoms with Crippen LogP contribution in [0.4, 0.5) is 4.79 Å². The number of carbonyl (C=O) groups is 3. The van der Waals surface area contributed by atoms with Gasteiger partial charge < -0.3 is 25.3 Å². The lowest BCUT2D eigenvalue weighted by atomic mass is 10.1. The lowest BCUT2D eigenvalue weighted by Crippen LogP contribution is -2.41. The molecule has 0 radical (unpaired) electrons. The molecule has 0 rings (SSSR count). The fraction of sp³-hybridized carbons (Fsp3) is 0.667. The van der Waals surface area contributed by atoms with Crippen LogP contribution in [-0.4, -0.2) is 42.8 Å². The summed E-state index contributed by atoms with van der Waals surface area (Å²) < 4.78 is 15.0. The molecule has 0 aliphatic heterocycles. The molecule has 0 saturated carbocycles. The van der Waals surface area contributed by atoms with Crippen LogP contribution in [0.1, 0.15) is 40.5 Å². The number of ether oxygens (including phenoxy) is 3. The largest absolute Gasteiger partial charge is 0.499 e. The Morgan fingerprint density at radius 2 is 1.91 bits per heavy atom. The van der Waals surface area contributed by atoms with Gasteiger partial charge in [0.25, 0.3) is 0 Å². The van der Waals surface area contributed by atoms with Crippen LogP contribution in [0, 0.1) is 0 Å². The highest BCUT2D eigenvalue weighted by Crippen LogP contribution is 2.08. The topological polar surface area (TPSA) is 117 Å². The van der Waals surface area contributed by atoms with E-state index in [2.05, 4.69) is 5.32 Å². The molecule has 0 aliphatic carbocycles. The summed E-state index contributed by atoms with van der Waals surface area (Å²) in [6.07, 6.45) is 2.06. The molecule has 0 saturated heterocycles. The quantitative estimate of drug-likeness (QED) is 0.373. The van der Waals surface area contributed by atoms with E-state index in [-0.39, 0.29) is 19.6 Å². The fourth-order valence-electron chi connectivity index (χ4n) is 1.45. The number of carbonyl (C=O) groups excluding carboxylic acids is 3. The Balaban J connectivity index is 4.42. The highest BCUT2D eigenvalue weighted by atomic mass is 16.6. The molecule has 0 spiro atoms. The molecule has 0 aromatic rings. The number of hydrogen-bond acceptors (Lipinski definition) is 6. The number of nitrogens with one attached hydrogen (secondary N) is 1. The predicted octanol–water partition coefficient (Wildman–Crippen LogP) is 1.24. The Hall–Kier alpha value is -2.25. The highest BCUT2D eigenvalue weighted by molar-refractivity contribution is 5.81. The summed E-state index contributed by atoms with van der Waals surface area (Å²) in [7, 11) is 0. The van der Waals surface area contributed by atoms with Gasteiger partial charge in [-0.2, -0.15) is 0 Å². The van der Waals surface area contributed by atoms with Crippen molar-refractivity contribution in [1.82, 2.24) is 5.32 Å². The first kappa shape index (κ1) is 20.8. The van der Waals surface area contributed by atoms with Gasteiger partial charge in [0.15, 0.2) is 0 Å². The van der Waals surface area contributed by atoms with Gasteiger partial charge >= 0.3 is 12.1 Å². The first-order valence-electron chi connectivity index (χ1n) is 7.36. The highest BCUT2D eigenvalue weighted by Gasteiger charge is 2.20. The van der Waals surface area contributed by atoms with Crippen molar-refractivity contribution in [2.75, 3.05) is 13.2 Å². The van der Waals surface area contributed by atoms with E-state index in [1.165, 1.54) is 6.26 Å². The van der Waals surface area contributed by atoms with Crippen LogP contribution in [0.25, 0.3) is 0 Å². The molecule has 2 amide bonds. The van der Waals surface area contributed by atoms with E-state index < -0.39 is 29.6 Å². The molecule has 8 heteroatoms. The van der Waals surface area contributed by atoms with Gasteiger partial charge in [0.2, 0.25) is 5.91 Å². The van der Waals surface area contributed by atoms with Crippen molar-refractivity contribution in [2.24, 2.45) is 5.73 Å². The molecule has 8 nitrogen and oxygen atoms in total. The number of alkyl carbamates (subject to hydrolysis) is 1. The molecule has 0 aliphatic rings. The van der Waals surface area contributed by atoms with Gasteiger partial charge in [-0.3, -0.25) is 4.79 Å². The summed E-state index contributed by atoms with van der Waals surface area (Å²) in [5.74, 6) is -1.01. The standard InChI is InChI=1S/C15H26N2O6/c1-5-22-13(19)8-9-21-10-11(6-7-12(16)18)17-14(20)23-15(2,3)4/h8-9,11H,5-7,10H2,1-4H3,(H2,16,18)(H,17,20)/b9-8+/t11-/m0/s1. The van der Waals surface area contributed by atoms with Crippen molar-refractivity contribution in [3.05, 3.63) is 12.3 Å². The van der Waals surface area contributed by atoms with E-state index >= 15 is 0 Å². The van der Waals surface area contributed by atoms with E-state index in [1.807, 2.05) is 0 Å². The summed E-state index contributed by atoms with van der Waals surface area (Å²) in [4.78, 5) is 33.7. The Morgan fingerprint density at radius 3 is 2.43 bits per heavy atom. The molecule has 0 unspecified atom stereocenters. The third-order valence-corrected chi connectivity index (χ3v) is 2.34. The van der Waals surface area contributed by atoms with E-state index in [4.69, 9.17) is 19.9 Å². The van der Waals surface area contributed by atoms with Gasteiger partial charge in [-0.25, -0.2) is 9.59 Å². The zero-order valence-corrected chi connectivity index (χ0v) is 14.1. The molecule has 0 aromatic heterocycles. The maximum absolute atomic E-state index is 11.7. The molecule has 0 bridgehead atoms.